The van der Waals surface area contributed by atoms with E-state index in [1.54, 1.807) is 6.20 Å². The Balaban J connectivity index is 2.09. The number of piperidine rings is 1. The van der Waals surface area contributed by atoms with Crippen LogP contribution in [0.5, 0.6) is 0 Å². The summed E-state index contributed by atoms with van der Waals surface area (Å²) in [5, 5.41) is 0. The van der Waals surface area contributed by atoms with Gasteiger partial charge in [0.2, 0.25) is 0 Å². The molecule has 0 aromatic carbocycles. The fourth-order valence-electron chi connectivity index (χ4n) is 2.00. The van der Waals surface area contributed by atoms with Crippen LogP contribution in [0.4, 0.5) is 5.82 Å². The van der Waals surface area contributed by atoms with Crippen molar-refractivity contribution in [2.45, 2.75) is 19.8 Å². The topological polar surface area (TPSA) is 29.0 Å². The summed E-state index contributed by atoms with van der Waals surface area (Å²) in [6.07, 6.45) is 6.06. The second-order valence-electron chi connectivity index (χ2n) is 4.13. The van der Waals surface area contributed by atoms with Gasteiger partial charge in [0, 0.05) is 25.2 Å². The first-order chi connectivity index (χ1) is 7.29. The van der Waals surface area contributed by atoms with Gasteiger partial charge in [0.05, 0.1) is 11.9 Å². The highest BCUT2D eigenvalue weighted by molar-refractivity contribution is 6.18. The summed E-state index contributed by atoms with van der Waals surface area (Å²) in [7, 11) is 0. The predicted octanol–water partition coefficient (Wildman–Crippen LogP) is 2.24. The molecule has 4 heteroatoms. The molecule has 0 aliphatic carbocycles. The molecule has 1 saturated heterocycles. The molecule has 82 valence electrons. The highest BCUT2D eigenvalue weighted by Crippen LogP contribution is 2.21. The SMILES string of the molecule is Cc1cncc(N2CCC[C@@H](CCl)C2)n1. The lowest BCUT2D eigenvalue weighted by atomic mass is 10.0. The van der Waals surface area contributed by atoms with Crippen LogP contribution in [-0.2, 0) is 0 Å². The largest absolute Gasteiger partial charge is 0.355 e. The monoisotopic (exact) mass is 225 g/mol. The molecule has 1 aromatic heterocycles. The van der Waals surface area contributed by atoms with Crippen molar-refractivity contribution in [3.63, 3.8) is 0 Å². The maximum Gasteiger partial charge on any atom is 0.147 e. The molecule has 1 fully saturated rings. The first kappa shape index (κ1) is 10.7. The van der Waals surface area contributed by atoms with Crippen molar-refractivity contribution in [1.82, 2.24) is 9.97 Å². The molecule has 2 heterocycles. The van der Waals surface area contributed by atoms with Crippen LogP contribution >= 0.6 is 11.6 Å². The number of hydrogen-bond donors (Lipinski definition) is 0. The van der Waals surface area contributed by atoms with Gasteiger partial charge in [-0.15, -0.1) is 11.6 Å². The molecule has 0 amide bonds. The van der Waals surface area contributed by atoms with Gasteiger partial charge in [-0.3, -0.25) is 4.98 Å². The average Bonchev–Trinajstić information content (AvgIpc) is 2.29. The number of halogens is 1. The molecule has 0 saturated carbocycles. The summed E-state index contributed by atoms with van der Waals surface area (Å²) in [5.41, 5.74) is 0.973. The van der Waals surface area contributed by atoms with Crippen LogP contribution in [0.15, 0.2) is 12.4 Å². The van der Waals surface area contributed by atoms with Gasteiger partial charge >= 0.3 is 0 Å². The fourth-order valence-corrected chi connectivity index (χ4v) is 2.25. The highest BCUT2D eigenvalue weighted by Gasteiger charge is 2.20. The number of rotatable bonds is 2. The molecule has 15 heavy (non-hydrogen) atoms. The van der Waals surface area contributed by atoms with Crippen LogP contribution in [0.3, 0.4) is 0 Å². The number of hydrogen-bond acceptors (Lipinski definition) is 3. The second-order valence-corrected chi connectivity index (χ2v) is 4.44. The zero-order valence-corrected chi connectivity index (χ0v) is 9.74. The quantitative estimate of drug-likeness (QED) is 0.723. The number of anilines is 1. The third kappa shape index (κ3) is 2.59. The third-order valence-electron chi connectivity index (χ3n) is 2.80. The van der Waals surface area contributed by atoms with Crippen molar-refractivity contribution in [3.8, 4) is 0 Å². The van der Waals surface area contributed by atoms with E-state index in [-0.39, 0.29) is 0 Å². The Kier molecular flexibility index (Phi) is 3.41. The Morgan fingerprint density at radius 2 is 2.40 bits per heavy atom. The minimum absolute atomic E-state index is 0.600. The summed E-state index contributed by atoms with van der Waals surface area (Å²) in [4.78, 5) is 10.9. The number of nitrogens with zero attached hydrogens (tertiary/aromatic N) is 3. The maximum absolute atomic E-state index is 5.90. The number of aromatic nitrogens is 2. The molecule has 2 rings (SSSR count). The normalized spacial score (nSPS) is 21.7. The third-order valence-corrected chi connectivity index (χ3v) is 3.24. The molecule has 3 nitrogen and oxygen atoms in total. The summed E-state index contributed by atoms with van der Waals surface area (Å²) in [6.45, 7) is 4.06. The molecule has 1 aliphatic rings. The number of aryl methyl sites for hydroxylation is 1. The van der Waals surface area contributed by atoms with E-state index in [4.69, 9.17) is 11.6 Å². The minimum atomic E-state index is 0.600. The molecular weight excluding hydrogens is 210 g/mol. The van der Waals surface area contributed by atoms with Crippen LogP contribution in [0.25, 0.3) is 0 Å². The van der Waals surface area contributed by atoms with Crippen molar-refractivity contribution in [2.75, 3.05) is 23.9 Å². The van der Waals surface area contributed by atoms with Crippen LogP contribution < -0.4 is 4.90 Å². The predicted molar refractivity (Wildman–Crippen MR) is 62.4 cm³/mol. The standard InChI is InChI=1S/C11H16ClN3/c1-9-6-13-7-11(14-9)15-4-2-3-10(5-12)8-15/h6-7,10H,2-5,8H2,1H3/t10-/m0/s1. The first-order valence-corrected chi connectivity index (χ1v) is 5.92. The van der Waals surface area contributed by atoms with Gasteiger partial charge in [0.15, 0.2) is 0 Å². The molecular formula is C11H16ClN3. The Morgan fingerprint density at radius 1 is 1.53 bits per heavy atom. The van der Waals surface area contributed by atoms with E-state index in [2.05, 4.69) is 14.9 Å². The smallest absolute Gasteiger partial charge is 0.147 e. The van der Waals surface area contributed by atoms with Crippen LogP contribution in [-0.4, -0.2) is 28.9 Å². The van der Waals surface area contributed by atoms with Gasteiger partial charge in [-0.1, -0.05) is 0 Å². The zero-order chi connectivity index (χ0) is 10.7. The zero-order valence-electron chi connectivity index (χ0n) is 8.99. The molecule has 1 aromatic rings. The average molecular weight is 226 g/mol. The molecule has 1 atom stereocenters. The maximum atomic E-state index is 5.90. The highest BCUT2D eigenvalue weighted by atomic mass is 35.5. The van der Waals surface area contributed by atoms with E-state index in [1.165, 1.54) is 12.8 Å². The second kappa shape index (κ2) is 4.79. The van der Waals surface area contributed by atoms with Gasteiger partial charge in [-0.25, -0.2) is 4.98 Å². The van der Waals surface area contributed by atoms with Gasteiger partial charge in [0.1, 0.15) is 5.82 Å². The summed E-state index contributed by atoms with van der Waals surface area (Å²) < 4.78 is 0. The Hall–Kier alpha value is -0.830. The van der Waals surface area contributed by atoms with Crippen LogP contribution in [0, 0.1) is 12.8 Å². The van der Waals surface area contributed by atoms with E-state index in [1.807, 2.05) is 13.1 Å². The van der Waals surface area contributed by atoms with Crippen LogP contribution in [0.1, 0.15) is 18.5 Å². The van der Waals surface area contributed by atoms with E-state index in [0.717, 1.165) is 30.5 Å². The lowest BCUT2D eigenvalue weighted by Gasteiger charge is -2.32. The lowest BCUT2D eigenvalue weighted by Crippen LogP contribution is -2.36. The summed E-state index contributed by atoms with van der Waals surface area (Å²) >= 11 is 5.90. The van der Waals surface area contributed by atoms with Crippen molar-refractivity contribution in [3.05, 3.63) is 18.1 Å². The van der Waals surface area contributed by atoms with E-state index in [9.17, 15) is 0 Å². The molecule has 0 spiro atoms. The summed E-state index contributed by atoms with van der Waals surface area (Å²) in [5.74, 6) is 2.34. The first-order valence-electron chi connectivity index (χ1n) is 5.39. The van der Waals surface area contributed by atoms with E-state index < -0.39 is 0 Å². The Labute approximate surface area is 95.5 Å². The van der Waals surface area contributed by atoms with Gasteiger partial charge in [-0.05, 0) is 25.7 Å². The van der Waals surface area contributed by atoms with Crippen molar-refractivity contribution in [1.29, 1.82) is 0 Å². The van der Waals surface area contributed by atoms with Gasteiger partial charge < -0.3 is 4.90 Å². The summed E-state index contributed by atoms with van der Waals surface area (Å²) in [6, 6.07) is 0. The Bertz CT molecular complexity index is 329. The van der Waals surface area contributed by atoms with Crippen molar-refractivity contribution in [2.24, 2.45) is 5.92 Å². The Morgan fingerprint density at radius 3 is 3.13 bits per heavy atom. The molecule has 0 N–H and O–H groups in total. The fraction of sp³-hybridized carbons (Fsp3) is 0.636. The molecule has 0 unspecified atom stereocenters. The van der Waals surface area contributed by atoms with Crippen molar-refractivity contribution < 1.29 is 0 Å². The molecule has 0 bridgehead atoms. The van der Waals surface area contributed by atoms with E-state index in [0.29, 0.717) is 5.92 Å². The minimum Gasteiger partial charge on any atom is -0.355 e. The molecule has 0 radical (unpaired) electrons. The van der Waals surface area contributed by atoms with Crippen molar-refractivity contribution >= 4 is 17.4 Å². The number of alkyl halides is 1. The van der Waals surface area contributed by atoms with Gasteiger partial charge in [-0.2, -0.15) is 0 Å². The lowest BCUT2D eigenvalue weighted by molar-refractivity contribution is 0.448. The van der Waals surface area contributed by atoms with Gasteiger partial charge in [0.25, 0.3) is 0 Å². The molecule has 1 aliphatic heterocycles. The van der Waals surface area contributed by atoms with Crippen LogP contribution in [0.2, 0.25) is 0 Å². The van der Waals surface area contributed by atoms with E-state index >= 15 is 0 Å².